The summed E-state index contributed by atoms with van der Waals surface area (Å²) < 4.78 is 19.1. The van der Waals surface area contributed by atoms with Crippen LogP contribution in [0.25, 0.3) is 235 Å². The van der Waals surface area contributed by atoms with Crippen LogP contribution in [0, 0.1) is 0 Å². The first kappa shape index (κ1) is 68.5. The van der Waals surface area contributed by atoms with Crippen molar-refractivity contribution in [1.29, 1.82) is 0 Å². The van der Waals surface area contributed by atoms with E-state index >= 15 is 0 Å². The third-order valence-electron chi connectivity index (χ3n) is 24.2. The molecule has 4 heterocycles. The number of ether oxygens (including phenoxy) is 2. The monoisotopic (exact) mass is 1540 g/mol. The summed E-state index contributed by atoms with van der Waals surface area (Å²) in [5, 5.41) is 36.4. The summed E-state index contributed by atoms with van der Waals surface area (Å²) >= 11 is 5.73. The SMILES string of the molecule is COc1ccc(-c2c(-c3ccc4ccccc4c3)c3ccccc3c3c2ccc2c4cc5ccccc5cc4sc23)cc1.COc1ccc(-c2c(-c3cccnc3)c3ccccc3c3c2ccc2c3sc3ccc4ccccc4c32)cc1.c1ccc2c(c1)cc(-c1cc3ccccc3c3c1ccc1c4ccccc4sc13)c1ccccc12. The normalized spacial score (nSPS) is 11.8. The maximum Gasteiger partial charge on any atom is 0.118 e. The van der Waals surface area contributed by atoms with Crippen molar-refractivity contribution in [2.75, 3.05) is 14.2 Å². The van der Waals surface area contributed by atoms with Crippen LogP contribution in [0.3, 0.4) is 0 Å². The van der Waals surface area contributed by atoms with Gasteiger partial charge in [0.2, 0.25) is 0 Å². The number of fused-ring (bicyclic) bond motifs is 28. The van der Waals surface area contributed by atoms with Crippen molar-refractivity contribution in [2.24, 2.45) is 0 Å². The number of aromatic nitrogens is 1. The second kappa shape index (κ2) is 27.9. The van der Waals surface area contributed by atoms with Crippen LogP contribution in [0.2, 0.25) is 0 Å². The maximum atomic E-state index is 5.55. The highest BCUT2D eigenvalue weighted by Gasteiger charge is 2.25. The van der Waals surface area contributed by atoms with Crippen LogP contribution in [0.15, 0.2) is 382 Å². The third-order valence-corrected chi connectivity index (χ3v) is 27.8. The summed E-state index contributed by atoms with van der Waals surface area (Å²) in [5.74, 6) is 1.71. The number of rotatable bonds is 7. The Morgan fingerprint density at radius 2 is 0.615 bits per heavy atom. The van der Waals surface area contributed by atoms with E-state index < -0.39 is 0 Å². The van der Waals surface area contributed by atoms with Gasteiger partial charge in [-0.05, 0) is 225 Å². The molecule has 25 aromatic rings. The van der Waals surface area contributed by atoms with E-state index in [-0.39, 0.29) is 0 Å². The molecule has 0 aliphatic heterocycles. The average Bonchev–Trinajstić information content (AvgIpc) is 1.69. The molecule has 6 heteroatoms. The van der Waals surface area contributed by atoms with E-state index in [0.717, 1.165) is 22.6 Å². The highest BCUT2D eigenvalue weighted by atomic mass is 32.1. The molecule has 0 saturated carbocycles. The number of benzene rings is 21. The summed E-state index contributed by atoms with van der Waals surface area (Å²) in [7, 11) is 3.44. The van der Waals surface area contributed by atoms with Crippen molar-refractivity contribution >= 4 is 213 Å². The summed E-state index contributed by atoms with van der Waals surface area (Å²) in [6.45, 7) is 0. The molecular formula is C111H69NO2S3. The van der Waals surface area contributed by atoms with E-state index in [1.807, 2.05) is 64.6 Å². The Bertz CT molecular complexity index is 8410. The minimum atomic E-state index is 0.852. The standard InChI is InChI=1S/C41H26OS.C36H23NOS.C34H20S/c1-42-31-18-16-26(17-19-31)38-35-21-20-34-36-23-28-10-4-5-11-29(28)24-37(36)43-41(34)40(35)33-13-7-6-12-32(33)39(38)30-15-14-25-8-2-3-9-27(25)22-30;1-38-25-15-12-23(13-16-25)32-29-17-18-30-34-26-9-3-2-7-22(26)14-19-31(34)39-36(30)35(29)28-11-5-4-10-27(28)33(32)24-8-6-20-37-21-24;1-3-11-23-21(9-1)19-30(26-14-6-5-13-25(23)26)31-20-22-10-2-4-12-24(22)33-28(31)17-18-29-27-15-7-8-16-32(27)35-34(29)33/h2-24H,1H3;2-21H,1H3;1-20H. The van der Waals surface area contributed by atoms with Gasteiger partial charge in [0, 0.05) is 94.6 Å². The number of hydrogen-bond acceptors (Lipinski definition) is 6. The lowest BCUT2D eigenvalue weighted by Crippen LogP contribution is -1.92. The van der Waals surface area contributed by atoms with E-state index in [4.69, 9.17) is 9.47 Å². The Balaban J connectivity index is 0.000000104. The zero-order chi connectivity index (χ0) is 77.3. The quantitative estimate of drug-likeness (QED) is 0.149. The molecule has 0 bridgehead atoms. The molecule has 0 radical (unpaired) electrons. The summed E-state index contributed by atoms with van der Waals surface area (Å²) in [6.07, 6.45) is 3.82. The number of pyridine rings is 1. The first-order valence-electron chi connectivity index (χ1n) is 39.7. The summed E-state index contributed by atoms with van der Waals surface area (Å²) in [4.78, 5) is 4.50. The number of thiophene rings is 3. The van der Waals surface area contributed by atoms with Crippen molar-refractivity contribution in [3.63, 3.8) is 0 Å². The molecule has 0 aliphatic carbocycles. The van der Waals surface area contributed by atoms with Gasteiger partial charge in [-0.15, -0.1) is 34.0 Å². The van der Waals surface area contributed by atoms with E-state index in [1.54, 1.807) is 14.2 Å². The smallest absolute Gasteiger partial charge is 0.118 e. The summed E-state index contributed by atoms with van der Waals surface area (Å²) in [5.41, 5.74) is 12.3. The second-order valence-corrected chi connectivity index (χ2v) is 33.6. The minimum absolute atomic E-state index is 0.852. The molecular weight excluding hydrogens is 1480 g/mol. The summed E-state index contributed by atoms with van der Waals surface area (Å²) in [6, 6.07) is 135. The lowest BCUT2D eigenvalue weighted by Gasteiger charge is -2.19. The molecule has 0 saturated heterocycles. The van der Waals surface area contributed by atoms with Crippen LogP contribution in [0.1, 0.15) is 0 Å². The molecule has 0 aliphatic rings. The Morgan fingerprint density at radius 3 is 1.24 bits per heavy atom. The number of hydrogen-bond donors (Lipinski definition) is 0. The Kier molecular flexibility index (Phi) is 16.3. The minimum Gasteiger partial charge on any atom is -0.497 e. The zero-order valence-corrected chi connectivity index (χ0v) is 66.3. The van der Waals surface area contributed by atoms with Crippen molar-refractivity contribution < 1.29 is 9.47 Å². The maximum absolute atomic E-state index is 5.55. The van der Waals surface area contributed by atoms with Gasteiger partial charge in [-0.2, -0.15) is 0 Å². The van der Waals surface area contributed by atoms with Crippen molar-refractivity contribution in [3.8, 4) is 67.1 Å². The van der Waals surface area contributed by atoms with Gasteiger partial charge in [-0.3, -0.25) is 4.98 Å². The molecule has 0 N–H and O–H groups in total. The molecule has 0 unspecified atom stereocenters. The van der Waals surface area contributed by atoms with Crippen molar-refractivity contribution in [1.82, 2.24) is 4.98 Å². The van der Waals surface area contributed by atoms with E-state index in [2.05, 4.69) is 357 Å². The molecule has 4 aromatic heterocycles. The van der Waals surface area contributed by atoms with E-state index in [9.17, 15) is 0 Å². The second-order valence-electron chi connectivity index (χ2n) is 30.4. The van der Waals surface area contributed by atoms with Crippen molar-refractivity contribution in [3.05, 3.63) is 382 Å². The van der Waals surface area contributed by atoms with Crippen LogP contribution >= 0.6 is 34.0 Å². The van der Waals surface area contributed by atoms with Crippen molar-refractivity contribution in [2.45, 2.75) is 0 Å². The van der Waals surface area contributed by atoms with Gasteiger partial charge in [-0.25, -0.2) is 0 Å². The Morgan fingerprint density at radius 1 is 0.205 bits per heavy atom. The first-order chi connectivity index (χ1) is 57.9. The lowest BCUT2D eigenvalue weighted by atomic mass is 9.84. The fourth-order valence-electron chi connectivity index (χ4n) is 18.9. The predicted molar refractivity (Wildman–Crippen MR) is 509 cm³/mol. The molecule has 3 nitrogen and oxygen atoms in total. The fourth-order valence-corrected chi connectivity index (χ4v) is 22.7. The largest absolute Gasteiger partial charge is 0.497 e. The molecule has 0 amide bonds. The van der Waals surface area contributed by atoms with E-state index in [0.29, 0.717) is 0 Å². The zero-order valence-electron chi connectivity index (χ0n) is 63.9. The van der Waals surface area contributed by atoms with Gasteiger partial charge >= 0.3 is 0 Å². The van der Waals surface area contributed by atoms with Crippen LogP contribution < -0.4 is 9.47 Å². The third kappa shape index (κ3) is 11.2. The highest BCUT2D eigenvalue weighted by Crippen LogP contribution is 2.54. The topological polar surface area (TPSA) is 31.4 Å². The van der Waals surface area contributed by atoms with Crippen LogP contribution in [0.4, 0.5) is 0 Å². The molecule has 0 fully saturated rings. The number of methoxy groups -OCH3 is 2. The van der Waals surface area contributed by atoms with Gasteiger partial charge in [-0.1, -0.05) is 297 Å². The van der Waals surface area contributed by atoms with Gasteiger partial charge < -0.3 is 9.47 Å². The fraction of sp³-hybridized carbons (Fsp3) is 0.0180. The lowest BCUT2D eigenvalue weighted by molar-refractivity contribution is 0.415. The van der Waals surface area contributed by atoms with Crippen LogP contribution in [-0.4, -0.2) is 19.2 Å². The molecule has 117 heavy (non-hydrogen) atoms. The molecule has 0 atom stereocenters. The predicted octanol–water partition coefficient (Wildman–Crippen LogP) is 32.6. The molecule has 0 spiro atoms. The highest BCUT2D eigenvalue weighted by molar-refractivity contribution is 7.28. The van der Waals surface area contributed by atoms with Gasteiger partial charge in [0.1, 0.15) is 11.5 Å². The molecule has 548 valence electrons. The van der Waals surface area contributed by atoms with E-state index in [1.165, 1.54) is 224 Å². The van der Waals surface area contributed by atoms with Gasteiger partial charge in [0.15, 0.2) is 0 Å². The van der Waals surface area contributed by atoms with Gasteiger partial charge in [0.25, 0.3) is 0 Å². The average molecular weight is 1540 g/mol. The Labute approximate surface area is 686 Å². The number of nitrogens with zero attached hydrogens (tertiary/aromatic N) is 1. The first-order valence-corrected chi connectivity index (χ1v) is 42.2. The van der Waals surface area contributed by atoms with Gasteiger partial charge in [0.05, 0.1) is 14.2 Å². The molecule has 21 aromatic carbocycles. The Hall–Kier alpha value is -14.1. The van der Waals surface area contributed by atoms with Crippen LogP contribution in [-0.2, 0) is 0 Å². The molecule has 25 rings (SSSR count). The van der Waals surface area contributed by atoms with Crippen LogP contribution in [0.5, 0.6) is 11.5 Å².